The van der Waals surface area contributed by atoms with Crippen LogP contribution in [0.15, 0.2) is 42.6 Å². The fourth-order valence-electron chi connectivity index (χ4n) is 1.80. The number of nitrogens with zero attached hydrogens (tertiary/aromatic N) is 3. The average Bonchev–Trinajstić information content (AvgIpc) is 2.85. The Kier molecular flexibility index (Phi) is 2.81. The molecule has 3 rings (SSSR count). The van der Waals surface area contributed by atoms with E-state index in [1.54, 1.807) is 34.9 Å². The molecule has 0 spiro atoms. The lowest BCUT2D eigenvalue weighted by atomic mass is 10.1. The van der Waals surface area contributed by atoms with Crippen molar-refractivity contribution >= 4 is 5.65 Å². The van der Waals surface area contributed by atoms with E-state index in [0.717, 1.165) is 11.1 Å². The molecule has 0 aliphatic carbocycles. The van der Waals surface area contributed by atoms with E-state index < -0.39 is 6.36 Å². The summed E-state index contributed by atoms with van der Waals surface area (Å²) >= 11 is 0. The molecule has 2 aromatic heterocycles. The van der Waals surface area contributed by atoms with E-state index in [4.69, 9.17) is 0 Å². The predicted molar refractivity (Wildman–Crippen MR) is 63.9 cm³/mol. The van der Waals surface area contributed by atoms with Gasteiger partial charge in [-0.25, -0.2) is 0 Å². The first-order valence-corrected chi connectivity index (χ1v) is 5.60. The van der Waals surface area contributed by atoms with Gasteiger partial charge in [-0.2, -0.15) is 0 Å². The zero-order valence-electron chi connectivity index (χ0n) is 9.93. The minimum atomic E-state index is -4.68. The largest absolute Gasteiger partial charge is 0.573 e. The SMILES string of the molecule is FC(F)(F)Oc1ccc(-c2ccc3nn[c]n3c2)cc1. The fourth-order valence-corrected chi connectivity index (χ4v) is 1.80. The van der Waals surface area contributed by atoms with E-state index in [-0.39, 0.29) is 5.75 Å². The van der Waals surface area contributed by atoms with Gasteiger partial charge in [-0.3, -0.25) is 4.40 Å². The summed E-state index contributed by atoms with van der Waals surface area (Å²) < 4.78 is 41.6. The summed E-state index contributed by atoms with van der Waals surface area (Å²) in [7, 11) is 0. The lowest BCUT2D eigenvalue weighted by molar-refractivity contribution is -0.274. The first-order valence-electron chi connectivity index (χ1n) is 5.60. The molecule has 0 amide bonds. The van der Waals surface area contributed by atoms with Crippen LogP contribution in [-0.2, 0) is 0 Å². The second-order valence-corrected chi connectivity index (χ2v) is 4.02. The van der Waals surface area contributed by atoms with Gasteiger partial charge >= 0.3 is 6.36 Å². The highest BCUT2D eigenvalue weighted by molar-refractivity contribution is 5.65. The Balaban J connectivity index is 1.90. The Labute approximate surface area is 111 Å². The van der Waals surface area contributed by atoms with Crippen LogP contribution in [0.4, 0.5) is 13.2 Å². The maximum absolute atomic E-state index is 12.1. The van der Waals surface area contributed by atoms with Crippen molar-refractivity contribution in [2.45, 2.75) is 6.36 Å². The number of halogens is 3. The topological polar surface area (TPSA) is 39.4 Å². The van der Waals surface area contributed by atoms with Crippen molar-refractivity contribution in [1.82, 2.24) is 14.6 Å². The average molecular weight is 278 g/mol. The van der Waals surface area contributed by atoms with Crippen LogP contribution in [-0.4, -0.2) is 21.0 Å². The molecule has 2 heterocycles. The normalized spacial score (nSPS) is 11.8. The number of fused-ring (bicyclic) bond motifs is 1. The number of ether oxygens (including phenoxy) is 1. The van der Waals surface area contributed by atoms with Crippen LogP contribution < -0.4 is 4.74 Å². The Bertz CT molecular complexity index is 734. The highest BCUT2D eigenvalue weighted by Gasteiger charge is 2.30. The standard InChI is InChI=1S/C13H7F3N3O/c14-13(15,16)20-11-4-1-9(2-5-11)10-3-6-12-18-17-8-19(12)7-10/h1-7H. The Hall–Kier alpha value is -2.57. The van der Waals surface area contributed by atoms with Gasteiger partial charge in [-0.05, 0) is 35.4 Å². The summed E-state index contributed by atoms with van der Waals surface area (Å²) in [6.07, 6.45) is -0.283. The van der Waals surface area contributed by atoms with Crippen molar-refractivity contribution in [3.8, 4) is 16.9 Å². The molecule has 1 radical (unpaired) electrons. The highest BCUT2D eigenvalue weighted by Crippen LogP contribution is 2.26. The molecule has 0 saturated carbocycles. The van der Waals surface area contributed by atoms with Gasteiger partial charge in [0.05, 0.1) is 0 Å². The van der Waals surface area contributed by atoms with Crippen molar-refractivity contribution < 1.29 is 17.9 Å². The molecular weight excluding hydrogens is 271 g/mol. The molecule has 1 aromatic carbocycles. The number of hydrogen-bond donors (Lipinski definition) is 0. The van der Waals surface area contributed by atoms with Crippen molar-refractivity contribution in [3.05, 3.63) is 48.9 Å². The molecule has 3 aromatic rings. The first kappa shape index (κ1) is 12.5. The van der Waals surface area contributed by atoms with Gasteiger partial charge in [-0.15, -0.1) is 23.4 Å². The molecule has 0 atom stereocenters. The van der Waals surface area contributed by atoms with Crippen LogP contribution >= 0.6 is 0 Å². The molecule has 4 nitrogen and oxygen atoms in total. The molecule has 0 unspecified atom stereocenters. The van der Waals surface area contributed by atoms with E-state index >= 15 is 0 Å². The van der Waals surface area contributed by atoms with Crippen molar-refractivity contribution in [2.75, 3.05) is 0 Å². The lowest BCUT2D eigenvalue weighted by Gasteiger charge is -2.09. The third-order valence-electron chi connectivity index (χ3n) is 2.65. The molecule has 0 fully saturated rings. The number of aromatic nitrogens is 3. The number of rotatable bonds is 2. The highest BCUT2D eigenvalue weighted by atomic mass is 19.4. The molecule has 101 valence electrons. The van der Waals surface area contributed by atoms with E-state index in [1.807, 2.05) is 0 Å². The van der Waals surface area contributed by atoms with Crippen molar-refractivity contribution in [1.29, 1.82) is 0 Å². The second-order valence-electron chi connectivity index (χ2n) is 4.02. The molecule has 0 saturated heterocycles. The summed E-state index contributed by atoms with van der Waals surface area (Å²) in [6, 6.07) is 9.18. The van der Waals surface area contributed by atoms with Gasteiger partial charge in [0.2, 0.25) is 6.33 Å². The van der Waals surface area contributed by atoms with Crippen LogP contribution in [0.5, 0.6) is 5.75 Å². The van der Waals surface area contributed by atoms with E-state index in [0.29, 0.717) is 5.65 Å². The molecule has 0 bridgehead atoms. The number of benzene rings is 1. The number of pyridine rings is 1. The van der Waals surface area contributed by atoms with Crippen LogP contribution in [0.25, 0.3) is 16.8 Å². The van der Waals surface area contributed by atoms with Crippen LogP contribution in [0.2, 0.25) is 0 Å². The number of hydrogen-bond acceptors (Lipinski definition) is 3. The maximum atomic E-state index is 12.1. The quantitative estimate of drug-likeness (QED) is 0.723. The minimum absolute atomic E-state index is 0.252. The maximum Gasteiger partial charge on any atom is 0.573 e. The fraction of sp³-hybridized carbons (Fsp3) is 0.0769. The Morgan fingerprint density at radius 3 is 2.40 bits per heavy atom. The molecule has 0 aliphatic heterocycles. The summed E-state index contributed by atoms with van der Waals surface area (Å²) in [5, 5.41) is 7.45. The van der Waals surface area contributed by atoms with Crippen LogP contribution in [0, 0.1) is 6.33 Å². The number of alkyl halides is 3. The smallest absolute Gasteiger partial charge is 0.406 e. The van der Waals surface area contributed by atoms with Gasteiger partial charge in [0.15, 0.2) is 5.65 Å². The van der Waals surface area contributed by atoms with Crippen LogP contribution in [0.3, 0.4) is 0 Å². The third-order valence-corrected chi connectivity index (χ3v) is 2.65. The van der Waals surface area contributed by atoms with E-state index in [1.165, 1.54) is 12.1 Å². The minimum Gasteiger partial charge on any atom is -0.406 e. The third kappa shape index (κ3) is 2.56. The molecule has 20 heavy (non-hydrogen) atoms. The zero-order valence-corrected chi connectivity index (χ0v) is 9.93. The summed E-state index contributed by atoms with van der Waals surface area (Å²) in [5.41, 5.74) is 2.21. The Morgan fingerprint density at radius 2 is 1.70 bits per heavy atom. The summed E-state index contributed by atoms with van der Waals surface area (Å²) in [4.78, 5) is 0. The van der Waals surface area contributed by atoms with E-state index in [9.17, 15) is 13.2 Å². The second kappa shape index (κ2) is 4.52. The Morgan fingerprint density at radius 1 is 1.00 bits per heavy atom. The monoisotopic (exact) mass is 278 g/mol. The molecule has 0 N–H and O–H groups in total. The van der Waals surface area contributed by atoms with Crippen molar-refractivity contribution in [3.63, 3.8) is 0 Å². The molecule has 7 heteroatoms. The van der Waals surface area contributed by atoms with E-state index in [2.05, 4.69) is 21.3 Å². The van der Waals surface area contributed by atoms with Crippen molar-refractivity contribution in [2.24, 2.45) is 0 Å². The van der Waals surface area contributed by atoms with Gasteiger partial charge in [0.25, 0.3) is 0 Å². The van der Waals surface area contributed by atoms with Gasteiger partial charge in [-0.1, -0.05) is 12.1 Å². The summed E-state index contributed by atoms with van der Waals surface area (Å²) in [5.74, 6) is -0.252. The lowest BCUT2D eigenvalue weighted by Crippen LogP contribution is -2.16. The van der Waals surface area contributed by atoms with Gasteiger partial charge < -0.3 is 4.74 Å². The zero-order chi connectivity index (χ0) is 14.2. The van der Waals surface area contributed by atoms with Gasteiger partial charge in [0, 0.05) is 6.20 Å². The molecular formula is C13H7F3N3O. The van der Waals surface area contributed by atoms with Crippen LogP contribution in [0.1, 0.15) is 0 Å². The molecule has 0 aliphatic rings. The predicted octanol–water partition coefficient (Wildman–Crippen LogP) is 3.10. The first-order chi connectivity index (χ1) is 9.51. The van der Waals surface area contributed by atoms with Gasteiger partial charge in [0.1, 0.15) is 5.75 Å². The summed E-state index contributed by atoms with van der Waals surface area (Å²) in [6.45, 7) is 0.